The molecule has 0 aliphatic carbocycles. The summed E-state index contributed by atoms with van der Waals surface area (Å²) in [6.07, 6.45) is 0.194. The summed E-state index contributed by atoms with van der Waals surface area (Å²) in [7, 11) is 0. The van der Waals surface area contributed by atoms with Crippen LogP contribution in [0, 0.1) is 5.41 Å². The lowest BCUT2D eigenvalue weighted by molar-refractivity contribution is -0.146. The molecule has 4 heteroatoms. The Balaban J connectivity index is 2.67. The van der Waals surface area contributed by atoms with Gasteiger partial charge < -0.3 is 15.4 Å². The van der Waals surface area contributed by atoms with E-state index in [-0.39, 0.29) is 23.5 Å². The number of rotatable bonds is 1. The van der Waals surface area contributed by atoms with Crippen LogP contribution in [0.3, 0.4) is 0 Å². The zero-order valence-corrected chi connectivity index (χ0v) is 11.0. The second kappa shape index (κ2) is 4.72. The second-order valence-corrected chi connectivity index (χ2v) is 5.84. The van der Waals surface area contributed by atoms with Gasteiger partial charge in [-0.15, -0.1) is 0 Å². The van der Waals surface area contributed by atoms with Gasteiger partial charge in [-0.05, 0) is 19.3 Å². The van der Waals surface area contributed by atoms with E-state index in [4.69, 9.17) is 10.5 Å². The quantitative estimate of drug-likeness (QED) is 0.728. The molecule has 1 fully saturated rings. The van der Waals surface area contributed by atoms with E-state index in [1.54, 1.807) is 0 Å². The van der Waals surface area contributed by atoms with Crippen molar-refractivity contribution in [1.29, 1.82) is 0 Å². The number of ether oxygens (including phenoxy) is 1. The van der Waals surface area contributed by atoms with Gasteiger partial charge in [0, 0.05) is 13.1 Å². The average Bonchev–Trinajstić information content (AvgIpc) is 2.12. The first kappa shape index (κ1) is 13.5. The first-order valence-corrected chi connectivity index (χ1v) is 5.91. The molecule has 1 rings (SSSR count). The minimum absolute atomic E-state index is 0.0366. The highest BCUT2D eigenvalue weighted by molar-refractivity contribution is 5.82. The number of amides is 1. The van der Waals surface area contributed by atoms with E-state index in [0.29, 0.717) is 13.1 Å². The Morgan fingerprint density at radius 3 is 2.12 bits per heavy atom. The van der Waals surface area contributed by atoms with Gasteiger partial charge in [0.1, 0.15) is 0 Å². The smallest absolute Gasteiger partial charge is 0.240 e. The molecular weight excluding hydrogens is 204 g/mol. The van der Waals surface area contributed by atoms with Gasteiger partial charge in [0.15, 0.2) is 0 Å². The van der Waals surface area contributed by atoms with Gasteiger partial charge in [-0.2, -0.15) is 0 Å². The van der Waals surface area contributed by atoms with Crippen molar-refractivity contribution in [1.82, 2.24) is 4.90 Å². The van der Waals surface area contributed by atoms with Crippen LogP contribution in [-0.2, 0) is 9.53 Å². The summed E-state index contributed by atoms with van der Waals surface area (Å²) < 4.78 is 5.60. The predicted octanol–water partition coefficient (Wildman–Crippen LogP) is 0.996. The third-order valence-corrected chi connectivity index (χ3v) is 2.93. The van der Waals surface area contributed by atoms with E-state index in [1.807, 2.05) is 39.5 Å². The zero-order valence-electron chi connectivity index (χ0n) is 11.0. The van der Waals surface area contributed by atoms with Gasteiger partial charge >= 0.3 is 0 Å². The van der Waals surface area contributed by atoms with Gasteiger partial charge in [-0.25, -0.2) is 0 Å². The van der Waals surface area contributed by atoms with Crippen LogP contribution < -0.4 is 5.73 Å². The molecule has 0 saturated carbocycles. The van der Waals surface area contributed by atoms with E-state index in [1.165, 1.54) is 0 Å². The highest BCUT2D eigenvalue weighted by atomic mass is 16.5. The SMILES string of the molecule is C[C@@H]1CN(C(=O)[C@@H](N)C(C)(C)C)C[C@H](C)O1. The molecular formula is C12H24N2O2. The number of nitrogens with two attached hydrogens (primary N) is 1. The minimum Gasteiger partial charge on any atom is -0.372 e. The lowest BCUT2D eigenvalue weighted by Gasteiger charge is -2.38. The summed E-state index contributed by atoms with van der Waals surface area (Å²) in [5, 5.41) is 0. The summed E-state index contributed by atoms with van der Waals surface area (Å²) in [6, 6.07) is -0.440. The number of carbonyl (C=O) groups excluding carboxylic acids is 1. The first-order valence-electron chi connectivity index (χ1n) is 5.91. The van der Waals surface area contributed by atoms with Gasteiger partial charge in [0.2, 0.25) is 5.91 Å². The average molecular weight is 228 g/mol. The van der Waals surface area contributed by atoms with Crippen LogP contribution in [0.15, 0.2) is 0 Å². The lowest BCUT2D eigenvalue weighted by atomic mass is 9.86. The van der Waals surface area contributed by atoms with Crippen molar-refractivity contribution >= 4 is 5.91 Å². The summed E-state index contributed by atoms with van der Waals surface area (Å²) in [5.74, 6) is 0.0366. The van der Waals surface area contributed by atoms with Crippen molar-refractivity contribution in [3.63, 3.8) is 0 Å². The Morgan fingerprint density at radius 2 is 1.75 bits per heavy atom. The maximum absolute atomic E-state index is 12.2. The summed E-state index contributed by atoms with van der Waals surface area (Å²) in [6.45, 7) is 11.2. The van der Waals surface area contributed by atoms with Crippen LogP contribution in [0.4, 0.5) is 0 Å². The number of nitrogens with zero attached hydrogens (tertiary/aromatic N) is 1. The van der Waals surface area contributed by atoms with Crippen LogP contribution in [-0.4, -0.2) is 42.1 Å². The normalized spacial score (nSPS) is 29.0. The molecule has 0 spiro atoms. The van der Waals surface area contributed by atoms with Crippen LogP contribution in [0.2, 0.25) is 0 Å². The molecule has 1 amide bonds. The maximum Gasteiger partial charge on any atom is 0.240 e. The standard InChI is InChI=1S/C12H24N2O2/c1-8-6-14(7-9(2)16-8)11(15)10(13)12(3,4)5/h8-10H,6-7,13H2,1-5H3/t8-,9+,10-/m1/s1. The third kappa shape index (κ3) is 3.19. The molecule has 0 aromatic rings. The first-order chi connectivity index (χ1) is 7.21. The summed E-state index contributed by atoms with van der Waals surface area (Å²) >= 11 is 0. The Morgan fingerprint density at radius 1 is 1.31 bits per heavy atom. The van der Waals surface area contributed by atoms with Crippen molar-refractivity contribution < 1.29 is 9.53 Å². The van der Waals surface area contributed by atoms with Crippen LogP contribution in [0.25, 0.3) is 0 Å². The molecule has 94 valence electrons. The Labute approximate surface area is 98.1 Å². The highest BCUT2D eigenvalue weighted by Crippen LogP contribution is 2.21. The molecule has 3 atom stereocenters. The van der Waals surface area contributed by atoms with Crippen molar-refractivity contribution in [2.45, 2.75) is 52.9 Å². The topological polar surface area (TPSA) is 55.6 Å². The number of carbonyl (C=O) groups is 1. The third-order valence-electron chi connectivity index (χ3n) is 2.93. The number of morpholine rings is 1. The van der Waals surface area contributed by atoms with E-state index >= 15 is 0 Å². The minimum atomic E-state index is -0.440. The molecule has 0 unspecified atom stereocenters. The van der Waals surface area contributed by atoms with Crippen LogP contribution >= 0.6 is 0 Å². The van der Waals surface area contributed by atoms with E-state index in [2.05, 4.69) is 0 Å². The lowest BCUT2D eigenvalue weighted by Crippen LogP contribution is -2.56. The Kier molecular flexibility index (Phi) is 3.97. The molecule has 1 heterocycles. The fraction of sp³-hybridized carbons (Fsp3) is 0.917. The summed E-state index contributed by atoms with van der Waals surface area (Å²) in [5.41, 5.74) is 5.79. The molecule has 0 aromatic carbocycles. The fourth-order valence-corrected chi connectivity index (χ4v) is 1.92. The van der Waals surface area contributed by atoms with Gasteiger partial charge in [0.05, 0.1) is 18.2 Å². The molecule has 0 radical (unpaired) electrons. The Bertz CT molecular complexity index is 250. The van der Waals surface area contributed by atoms with Crippen molar-refractivity contribution in [3.05, 3.63) is 0 Å². The molecule has 1 aliphatic rings. The van der Waals surface area contributed by atoms with E-state index in [9.17, 15) is 4.79 Å². The molecule has 1 aliphatic heterocycles. The second-order valence-electron chi connectivity index (χ2n) is 5.84. The van der Waals surface area contributed by atoms with Crippen molar-refractivity contribution in [3.8, 4) is 0 Å². The molecule has 16 heavy (non-hydrogen) atoms. The van der Waals surface area contributed by atoms with Crippen LogP contribution in [0.1, 0.15) is 34.6 Å². The van der Waals surface area contributed by atoms with E-state index in [0.717, 1.165) is 0 Å². The molecule has 0 bridgehead atoms. The van der Waals surface area contributed by atoms with Gasteiger partial charge in [0.25, 0.3) is 0 Å². The summed E-state index contributed by atoms with van der Waals surface area (Å²) in [4.78, 5) is 14.0. The molecule has 4 nitrogen and oxygen atoms in total. The number of hydrogen-bond acceptors (Lipinski definition) is 3. The highest BCUT2D eigenvalue weighted by Gasteiger charge is 2.34. The van der Waals surface area contributed by atoms with Crippen molar-refractivity contribution in [2.24, 2.45) is 11.1 Å². The number of hydrogen-bond donors (Lipinski definition) is 1. The molecule has 0 aromatic heterocycles. The zero-order chi connectivity index (χ0) is 12.5. The van der Waals surface area contributed by atoms with Gasteiger partial charge in [-0.1, -0.05) is 20.8 Å². The van der Waals surface area contributed by atoms with Gasteiger partial charge in [-0.3, -0.25) is 4.79 Å². The fourth-order valence-electron chi connectivity index (χ4n) is 1.92. The van der Waals surface area contributed by atoms with E-state index < -0.39 is 6.04 Å². The van der Waals surface area contributed by atoms with Crippen LogP contribution in [0.5, 0.6) is 0 Å². The molecule has 1 saturated heterocycles. The molecule has 2 N–H and O–H groups in total. The largest absolute Gasteiger partial charge is 0.372 e. The Hall–Kier alpha value is -0.610. The maximum atomic E-state index is 12.2. The van der Waals surface area contributed by atoms with Crippen molar-refractivity contribution in [2.75, 3.05) is 13.1 Å². The predicted molar refractivity (Wildman–Crippen MR) is 64.0 cm³/mol. The monoisotopic (exact) mass is 228 g/mol.